The van der Waals surface area contributed by atoms with E-state index in [1.165, 1.54) is 18.2 Å². The Balaban J connectivity index is 2.36. The van der Waals surface area contributed by atoms with Gasteiger partial charge in [0.15, 0.2) is 5.69 Å². The molecule has 0 fully saturated rings. The van der Waals surface area contributed by atoms with Crippen LogP contribution in [0.2, 0.25) is 0 Å². The highest BCUT2D eigenvalue weighted by Crippen LogP contribution is 2.37. The van der Waals surface area contributed by atoms with Gasteiger partial charge in [-0.3, -0.25) is 0 Å². The first kappa shape index (κ1) is 11.6. The molecular weight excluding hydrogens is 284 g/mol. The molecule has 2 aromatic carbocycles. The van der Waals surface area contributed by atoms with E-state index in [0.29, 0.717) is 5.69 Å². The molecule has 86 valence electrons. The minimum absolute atomic E-state index is 0.0586. The number of rotatable bonds is 2. The summed E-state index contributed by atoms with van der Waals surface area (Å²) >= 11 is 3.33. The van der Waals surface area contributed by atoms with E-state index in [1.54, 1.807) is 6.07 Å². The first-order valence-electron chi connectivity index (χ1n) is 4.85. The zero-order valence-corrected chi connectivity index (χ0v) is 10.3. The maximum Gasteiger partial charge on any atom is 0.169 e. The first-order valence-corrected chi connectivity index (χ1v) is 5.65. The summed E-state index contributed by atoms with van der Waals surface area (Å²) < 4.78 is 0.790. The molecule has 0 unspecified atom stereocenters. The molecule has 2 aromatic rings. The molecule has 17 heavy (non-hydrogen) atoms. The summed E-state index contributed by atoms with van der Waals surface area (Å²) in [5.74, 6) is -0.221. The van der Waals surface area contributed by atoms with Crippen molar-refractivity contribution in [1.29, 1.82) is 0 Å². The number of aromatic hydroxyl groups is 2. The van der Waals surface area contributed by atoms with E-state index in [2.05, 4.69) is 26.2 Å². The van der Waals surface area contributed by atoms with Crippen LogP contribution in [0.5, 0.6) is 11.5 Å². The van der Waals surface area contributed by atoms with Crippen LogP contribution in [0.4, 0.5) is 11.4 Å². The molecule has 0 heterocycles. The van der Waals surface area contributed by atoms with Crippen molar-refractivity contribution < 1.29 is 10.2 Å². The number of hydrogen-bond donors (Lipinski definition) is 2. The Morgan fingerprint density at radius 1 is 0.824 bits per heavy atom. The summed E-state index contributed by atoms with van der Waals surface area (Å²) in [5.41, 5.74) is 0.679. The third-order valence-corrected chi connectivity index (χ3v) is 2.77. The first-order chi connectivity index (χ1) is 8.18. The zero-order chi connectivity index (χ0) is 12.3. The van der Waals surface area contributed by atoms with Gasteiger partial charge in [-0.25, -0.2) is 0 Å². The average Bonchev–Trinajstić information content (AvgIpc) is 2.30. The number of phenolic OH excluding ortho intramolecular Hbond substituents is 2. The molecule has 0 spiro atoms. The Morgan fingerprint density at radius 2 is 1.47 bits per heavy atom. The number of nitrogens with zero attached hydrogens (tertiary/aromatic N) is 2. The number of hydrogen-bond acceptors (Lipinski definition) is 4. The van der Waals surface area contributed by atoms with Gasteiger partial charge in [-0.05, 0) is 40.2 Å². The summed E-state index contributed by atoms with van der Waals surface area (Å²) in [6.07, 6.45) is 0. The van der Waals surface area contributed by atoms with Gasteiger partial charge in [0.1, 0.15) is 11.5 Å². The molecule has 0 aliphatic carbocycles. The maximum absolute atomic E-state index is 9.51. The van der Waals surface area contributed by atoms with Gasteiger partial charge >= 0.3 is 0 Å². The lowest BCUT2D eigenvalue weighted by molar-refractivity contribution is 0.452. The van der Waals surface area contributed by atoms with Crippen LogP contribution in [0, 0.1) is 0 Å². The predicted octanol–water partition coefficient (Wildman–Crippen LogP) is 4.28. The molecule has 2 rings (SSSR count). The topological polar surface area (TPSA) is 65.2 Å². The van der Waals surface area contributed by atoms with E-state index in [9.17, 15) is 10.2 Å². The van der Waals surface area contributed by atoms with E-state index in [4.69, 9.17) is 0 Å². The van der Waals surface area contributed by atoms with Crippen LogP contribution in [-0.4, -0.2) is 10.2 Å². The number of halogens is 1. The lowest BCUT2D eigenvalue weighted by Gasteiger charge is -2.00. The van der Waals surface area contributed by atoms with Crippen molar-refractivity contribution in [1.82, 2.24) is 0 Å². The second-order valence-electron chi connectivity index (χ2n) is 3.30. The second-order valence-corrected chi connectivity index (χ2v) is 4.15. The van der Waals surface area contributed by atoms with Gasteiger partial charge in [-0.2, -0.15) is 0 Å². The van der Waals surface area contributed by atoms with Crippen LogP contribution >= 0.6 is 15.9 Å². The Hall–Kier alpha value is -1.88. The molecular formula is C12H9BrN2O2. The van der Waals surface area contributed by atoms with Crippen molar-refractivity contribution in [3.8, 4) is 11.5 Å². The van der Waals surface area contributed by atoms with Crippen molar-refractivity contribution in [2.45, 2.75) is 0 Å². The van der Waals surface area contributed by atoms with E-state index >= 15 is 0 Å². The maximum atomic E-state index is 9.51. The van der Waals surface area contributed by atoms with Gasteiger partial charge in [-0.15, -0.1) is 10.2 Å². The lowest BCUT2D eigenvalue weighted by Crippen LogP contribution is -1.70. The third kappa shape index (κ3) is 2.62. The summed E-state index contributed by atoms with van der Waals surface area (Å²) in [6.45, 7) is 0. The number of azo groups is 1. The smallest absolute Gasteiger partial charge is 0.169 e. The minimum atomic E-state index is -0.110. The van der Waals surface area contributed by atoms with Gasteiger partial charge in [0.25, 0.3) is 0 Å². The third-order valence-electron chi connectivity index (χ3n) is 2.10. The van der Waals surface area contributed by atoms with Gasteiger partial charge in [0.2, 0.25) is 0 Å². The van der Waals surface area contributed by atoms with Gasteiger partial charge in [0, 0.05) is 4.47 Å². The van der Waals surface area contributed by atoms with Gasteiger partial charge < -0.3 is 10.2 Å². The van der Waals surface area contributed by atoms with E-state index in [1.807, 2.05) is 18.2 Å². The summed E-state index contributed by atoms with van der Waals surface area (Å²) in [6, 6.07) is 11.7. The zero-order valence-electron chi connectivity index (χ0n) is 8.71. The van der Waals surface area contributed by atoms with Crippen molar-refractivity contribution in [3.05, 3.63) is 46.9 Å². The molecule has 5 heteroatoms. The van der Waals surface area contributed by atoms with Crippen LogP contribution in [-0.2, 0) is 0 Å². The standard InChI is InChI=1S/C12H9BrN2O2/c13-8-4-1-2-5-9(8)14-15-12-10(16)6-3-7-11(12)17/h1-7,16-17H. The predicted molar refractivity (Wildman–Crippen MR) is 68.1 cm³/mol. The lowest BCUT2D eigenvalue weighted by atomic mass is 10.3. The van der Waals surface area contributed by atoms with Crippen molar-refractivity contribution in [3.63, 3.8) is 0 Å². The summed E-state index contributed by atoms with van der Waals surface area (Å²) in [7, 11) is 0. The molecule has 0 radical (unpaired) electrons. The summed E-state index contributed by atoms with van der Waals surface area (Å²) in [5, 5.41) is 26.8. The average molecular weight is 293 g/mol. The number of phenols is 2. The monoisotopic (exact) mass is 292 g/mol. The summed E-state index contributed by atoms with van der Waals surface area (Å²) in [4.78, 5) is 0. The molecule has 0 aliphatic rings. The highest BCUT2D eigenvalue weighted by molar-refractivity contribution is 9.10. The van der Waals surface area contributed by atoms with Crippen LogP contribution in [0.25, 0.3) is 0 Å². The van der Waals surface area contributed by atoms with Gasteiger partial charge in [-0.1, -0.05) is 18.2 Å². The molecule has 0 aliphatic heterocycles. The van der Waals surface area contributed by atoms with Crippen LogP contribution in [0.15, 0.2) is 57.2 Å². The van der Waals surface area contributed by atoms with Crippen molar-refractivity contribution in [2.75, 3.05) is 0 Å². The Labute approximate surface area is 106 Å². The molecule has 2 N–H and O–H groups in total. The fourth-order valence-electron chi connectivity index (χ4n) is 1.26. The molecule has 4 nitrogen and oxygen atoms in total. The fraction of sp³-hybridized carbons (Fsp3) is 0. The van der Waals surface area contributed by atoms with Crippen molar-refractivity contribution in [2.24, 2.45) is 10.2 Å². The largest absolute Gasteiger partial charge is 0.505 e. The molecule has 0 amide bonds. The molecule has 0 atom stereocenters. The quantitative estimate of drug-likeness (QED) is 0.812. The van der Waals surface area contributed by atoms with E-state index in [-0.39, 0.29) is 17.2 Å². The molecule has 0 aromatic heterocycles. The van der Waals surface area contributed by atoms with Crippen molar-refractivity contribution >= 4 is 27.3 Å². The second kappa shape index (κ2) is 4.97. The van der Waals surface area contributed by atoms with Crippen LogP contribution in [0.3, 0.4) is 0 Å². The van der Waals surface area contributed by atoms with Crippen LogP contribution in [0.1, 0.15) is 0 Å². The Kier molecular flexibility index (Phi) is 3.39. The minimum Gasteiger partial charge on any atom is -0.505 e. The Bertz CT molecular complexity index is 550. The highest BCUT2D eigenvalue weighted by Gasteiger charge is 2.05. The van der Waals surface area contributed by atoms with E-state index < -0.39 is 0 Å². The molecule has 0 saturated heterocycles. The fourth-order valence-corrected chi connectivity index (χ4v) is 1.62. The SMILES string of the molecule is Oc1cccc(O)c1N=Nc1ccccc1Br. The molecule has 0 bridgehead atoms. The number of benzene rings is 2. The Morgan fingerprint density at radius 3 is 2.12 bits per heavy atom. The van der Waals surface area contributed by atoms with Gasteiger partial charge in [0.05, 0.1) is 5.69 Å². The molecule has 0 saturated carbocycles. The normalized spacial score (nSPS) is 10.9. The van der Waals surface area contributed by atoms with E-state index in [0.717, 1.165) is 4.47 Å². The highest BCUT2D eigenvalue weighted by atomic mass is 79.9. The van der Waals surface area contributed by atoms with Crippen LogP contribution < -0.4 is 0 Å².